The van der Waals surface area contributed by atoms with Crippen LogP contribution in [0.5, 0.6) is 11.5 Å². The van der Waals surface area contributed by atoms with Crippen LogP contribution in [0.15, 0.2) is 34.9 Å². The van der Waals surface area contributed by atoms with Gasteiger partial charge < -0.3 is 9.84 Å². The van der Waals surface area contributed by atoms with Gasteiger partial charge in [-0.05, 0) is 35.0 Å². The lowest BCUT2D eigenvalue weighted by Crippen LogP contribution is -1.97. The minimum Gasteiger partial charge on any atom is -0.448 e. The fourth-order valence-corrected chi connectivity index (χ4v) is 1.90. The summed E-state index contributed by atoms with van der Waals surface area (Å²) in [5.74, 6) is -0.708. The van der Waals surface area contributed by atoms with Gasteiger partial charge in [-0.15, -0.1) is 0 Å². The van der Waals surface area contributed by atoms with Crippen LogP contribution in [0.2, 0.25) is 0 Å². The molecule has 0 fully saturated rings. The topological polar surface area (TPSA) is 85.5 Å². The molecule has 0 amide bonds. The number of hydrogen-bond donors (Lipinski definition) is 1. The minimum atomic E-state index is -0.737. The number of benzene rings is 1. The van der Waals surface area contributed by atoms with Gasteiger partial charge in [0.15, 0.2) is 0 Å². The second-order valence-electron chi connectivity index (χ2n) is 4.19. The second-order valence-corrected chi connectivity index (χ2v) is 5.04. The van der Waals surface area contributed by atoms with Gasteiger partial charge in [-0.1, -0.05) is 0 Å². The Labute approximate surface area is 127 Å². The summed E-state index contributed by atoms with van der Waals surface area (Å²) < 4.78 is 18.8. The van der Waals surface area contributed by atoms with Crippen LogP contribution in [-0.2, 0) is 0 Å². The molecule has 2 rings (SSSR count). The number of halogens is 2. The zero-order chi connectivity index (χ0) is 15.6. The highest BCUT2D eigenvalue weighted by Gasteiger charge is 2.19. The van der Waals surface area contributed by atoms with E-state index in [1.165, 1.54) is 18.3 Å². The predicted molar refractivity (Wildman–Crippen MR) is 75.7 cm³/mol. The van der Waals surface area contributed by atoms with E-state index in [2.05, 4.69) is 20.9 Å². The molecule has 0 saturated heterocycles. The van der Waals surface area contributed by atoms with Crippen molar-refractivity contribution in [2.24, 2.45) is 0 Å². The third-order valence-electron chi connectivity index (χ3n) is 2.61. The first kappa shape index (κ1) is 15.3. The lowest BCUT2D eigenvalue weighted by atomic mass is 10.2. The highest BCUT2D eigenvalue weighted by molar-refractivity contribution is 9.10. The van der Waals surface area contributed by atoms with Crippen LogP contribution in [0.25, 0.3) is 0 Å². The van der Waals surface area contributed by atoms with Gasteiger partial charge in [0.05, 0.1) is 27.4 Å². The van der Waals surface area contributed by atoms with E-state index in [-0.39, 0.29) is 21.7 Å². The third kappa shape index (κ3) is 3.53. The summed E-state index contributed by atoms with van der Waals surface area (Å²) in [6.45, 7) is 1.55. The average Bonchev–Trinajstić information content (AvgIpc) is 2.43. The third-order valence-corrected chi connectivity index (χ3v) is 3.22. The van der Waals surface area contributed by atoms with E-state index in [1.807, 2.05) is 0 Å². The Morgan fingerprint density at radius 2 is 2.19 bits per heavy atom. The number of hydrogen-bond acceptors (Lipinski definition) is 5. The van der Waals surface area contributed by atoms with Crippen LogP contribution >= 0.6 is 15.9 Å². The molecular formula is C13H10BrFN2O4. The largest absolute Gasteiger partial charge is 0.448 e. The summed E-state index contributed by atoms with van der Waals surface area (Å²) >= 11 is 2.88. The Hall–Kier alpha value is -2.06. The van der Waals surface area contributed by atoms with Crippen molar-refractivity contribution >= 4 is 21.6 Å². The van der Waals surface area contributed by atoms with Gasteiger partial charge in [0, 0.05) is 12.1 Å². The Balaban J connectivity index is 2.34. The fourth-order valence-electron chi connectivity index (χ4n) is 1.57. The molecule has 6 nitrogen and oxygen atoms in total. The van der Waals surface area contributed by atoms with Crippen molar-refractivity contribution in [3.63, 3.8) is 0 Å². The number of aliphatic hydroxyl groups excluding tert-OH is 1. The maximum Gasteiger partial charge on any atom is 0.312 e. The van der Waals surface area contributed by atoms with Gasteiger partial charge in [-0.3, -0.25) is 15.1 Å². The molecule has 1 N–H and O–H groups in total. The quantitative estimate of drug-likeness (QED) is 0.666. The molecule has 0 unspecified atom stereocenters. The van der Waals surface area contributed by atoms with Crippen LogP contribution in [-0.4, -0.2) is 15.0 Å². The van der Waals surface area contributed by atoms with Gasteiger partial charge in [0.1, 0.15) is 11.6 Å². The van der Waals surface area contributed by atoms with Crippen molar-refractivity contribution in [2.45, 2.75) is 13.0 Å². The van der Waals surface area contributed by atoms with Gasteiger partial charge >= 0.3 is 5.69 Å². The van der Waals surface area contributed by atoms with E-state index < -0.39 is 16.8 Å². The summed E-state index contributed by atoms with van der Waals surface area (Å²) in [5, 5.41) is 20.3. The molecule has 8 heteroatoms. The normalized spacial score (nSPS) is 12.0. The van der Waals surface area contributed by atoms with Crippen LogP contribution < -0.4 is 4.74 Å². The molecule has 0 radical (unpaired) electrons. The predicted octanol–water partition coefficient (Wildman–Crippen LogP) is 3.74. The van der Waals surface area contributed by atoms with Crippen molar-refractivity contribution in [1.29, 1.82) is 0 Å². The van der Waals surface area contributed by atoms with Crippen LogP contribution in [0.4, 0.5) is 10.1 Å². The molecule has 21 heavy (non-hydrogen) atoms. The van der Waals surface area contributed by atoms with E-state index in [9.17, 15) is 19.6 Å². The van der Waals surface area contributed by atoms with E-state index >= 15 is 0 Å². The second kappa shape index (κ2) is 6.15. The molecule has 0 bridgehead atoms. The van der Waals surface area contributed by atoms with E-state index in [0.29, 0.717) is 5.69 Å². The summed E-state index contributed by atoms with van der Waals surface area (Å²) in [7, 11) is 0. The standard InChI is InChI=1S/C13H10BrFN2O4/c1-7(18)11-3-2-8(6-16-11)21-13-5-10(15)9(14)4-12(13)17(19)20/h2-7,18H,1H3/t7-/m0/s1. The van der Waals surface area contributed by atoms with Gasteiger partial charge in [-0.2, -0.15) is 0 Å². The highest BCUT2D eigenvalue weighted by atomic mass is 79.9. The van der Waals surface area contributed by atoms with Crippen LogP contribution in [0, 0.1) is 15.9 Å². The van der Waals surface area contributed by atoms with Gasteiger partial charge in [0.25, 0.3) is 0 Å². The molecule has 0 aliphatic carbocycles. The smallest absolute Gasteiger partial charge is 0.312 e. The zero-order valence-corrected chi connectivity index (χ0v) is 12.4. The number of nitro groups is 1. The highest BCUT2D eigenvalue weighted by Crippen LogP contribution is 2.35. The Bertz CT molecular complexity index is 677. The molecular weight excluding hydrogens is 347 g/mol. The first-order valence-corrected chi connectivity index (χ1v) is 6.63. The lowest BCUT2D eigenvalue weighted by molar-refractivity contribution is -0.385. The fraction of sp³-hybridized carbons (Fsp3) is 0.154. The van der Waals surface area contributed by atoms with Crippen LogP contribution in [0.3, 0.4) is 0 Å². The molecule has 1 aromatic heterocycles. The first-order valence-electron chi connectivity index (χ1n) is 5.84. The summed E-state index contributed by atoms with van der Waals surface area (Å²) in [6, 6.07) is 4.95. The number of pyridine rings is 1. The van der Waals surface area contributed by atoms with Crippen molar-refractivity contribution in [1.82, 2.24) is 4.98 Å². The maximum atomic E-state index is 13.5. The molecule has 1 heterocycles. The molecule has 110 valence electrons. The summed E-state index contributed by atoms with van der Waals surface area (Å²) in [4.78, 5) is 14.2. The first-order chi connectivity index (χ1) is 9.88. The number of ether oxygens (including phenoxy) is 1. The molecule has 0 spiro atoms. The molecule has 1 aromatic carbocycles. The maximum absolute atomic E-state index is 13.5. The van der Waals surface area contributed by atoms with Crippen molar-refractivity contribution in [2.75, 3.05) is 0 Å². The molecule has 0 saturated carbocycles. The van der Waals surface area contributed by atoms with Crippen molar-refractivity contribution in [3.05, 3.63) is 56.6 Å². The Kier molecular flexibility index (Phi) is 4.49. The molecule has 2 aromatic rings. The monoisotopic (exact) mass is 356 g/mol. The number of rotatable bonds is 4. The number of nitro benzene ring substituents is 1. The summed E-state index contributed by atoms with van der Waals surface area (Å²) in [6.07, 6.45) is 0.560. The number of aromatic nitrogens is 1. The number of aliphatic hydroxyl groups is 1. The number of nitrogens with zero attached hydrogens (tertiary/aromatic N) is 2. The van der Waals surface area contributed by atoms with Crippen molar-refractivity contribution < 1.29 is 19.2 Å². The molecule has 1 atom stereocenters. The van der Waals surface area contributed by atoms with Crippen molar-refractivity contribution in [3.8, 4) is 11.5 Å². The SMILES string of the molecule is C[C@H](O)c1ccc(Oc2cc(F)c(Br)cc2[N+](=O)[O-])cn1. The van der Waals surface area contributed by atoms with E-state index in [1.54, 1.807) is 6.92 Å². The van der Waals surface area contributed by atoms with E-state index in [0.717, 1.165) is 12.1 Å². The Morgan fingerprint density at radius 1 is 1.48 bits per heavy atom. The molecule has 0 aliphatic heterocycles. The minimum absolute atomic E-state index is 0.0240. The lowest BCUT2D eigenvalue weighted by Gasteiger charge is -2.08. The zero-order valence-electron chi connectivity index (χ0n) is 10.8. The van der Waals surface area contributed by atoms with Crippen LogP contribution in [0.1, 0.15) is 18.7 Å². The molecule has 0 aliphatic rings. The van der Waals surface area contributed by atoms with Gasteiger partial charge in [0.2, 0.25) is 5.75 Å². The Morgan fingerprint density at radius 3 is 2.71 bits per heavy atom. The summed E-state index contributed by atoms with van der Waals surface area (Å²) in [5.41, 5.74) is 0.0571. The van der Waals surface area contributed by atoms with E-state index in [4.69, 9.17) is 4.74 Å². The van der Waals surface area contributed by atoms with Gasteiger partial charge in [-0.25, -0.2) is 4.39 Å². The average molecular weight is 357 g/mol.